The van der Waals surface area contributed by atoms with E-state index in [1.807, 2.05) is 25.1 Å². The zero-order valence-electron chi connectivity index (χ0n) is 9.20. The molecule has 1 aromatic carbocycles. The van der Waals surface area contributed by atoms with Gasteiger partial charge in [0.1, 0.15) is 0 Å². The lowest BCUT2D eigenvalue weighted by molar-refractivity contribution is 0.419. The summed E-state index contributed by atoms with van der Waals surface area (Å²) in [7, 11) is 0. The Kier molecular flexibility index (Phi) is 4.52. The highest BCUT2D eigenvalue weighted by Crippen LogP contribution is 2.27. The fraction of sp³-hybridized carbons (Fsp3) is 0.273. The Morgan fingerprint density at radius 1 is 1.47 bits per heavy atom. The van der Waals surface area contributed by atoms with E-state index in [1.165, 1.54) is 0 Å². The van der Waals surface area contributed by atoms with E-state index in [0.29, 0.717) is 18.3 Å². The third-order valence-corrected chi connectivity index (χ3v) is 3.59. The molecule has 0 fully saturated rings. The smallest absolute Gasteiger partial charge is 0.259 e. The third-order valence-electron chi connectivity index (χ3n) is 2.16. The third kappa shape index (κ3) is 3.26. The molecular formula is C11H11BrIN3O. The van der Waals surface area contributed by atoms with Gasteiger partial charge in [0.2, 0.25) is 0 Å². The summed E-state index contributed by atoms with van der Waals surface area (Å²) in [5.74, 6) is 1.24. The van der Waals surface area contributed by atoms with Gasteiger partial charge in [-0.15, -0.1) is 0 Å². The molecule has 17 heavy (non-hydrogen) atoms. The largest absolute Gasteiger partial charge is 0.334 e. The standard InChI is InChI=1S/C11H11BrIN3O/c1-2-14-6-10-15-11(17-16-10)8-5-7(12)3-4-9(8)13/h3-5,14H,2,6H2,1H3. The van der Waals surface area contributed by atoms with E-state index in [-0.39, 0.29) is 0 Å². The van der Waals surface area contributed by atoms with Crippen LogP contribution in [0.25, 0.3) is 11.5 Å². The van der Waals surface area contributed by atoms with Crippen molar-refractivity contribution < 1.29 is 4.52 Å². The summed E-state index contributed by atoms with van der Waals surface area (Å²) in [4.78, 5) is 4.35. The highest BCUT2D eigenvalue weighted by Gasteiger charge is 2.11. The molecular weight excluding hydrogens is 397 g/mol. The zero-order valence-corrected chi connectivity index (χ0v) is 12.9. The Labute approximate surface area is 121 Å². The molecule has 0 bridgehead atoms. The first kappa shape index (κ1) is 13.0. The first-order valence-electron chi connectivity index (χ1n) is 5.19. The molecule has 1 N–H and O–H groups in total. The van der Waals surface area contributed by atoms with Crippen LogP contribution in [-0.4, -0.2) is 16.7 Å². The Bertz CT molecular complexity index is 515. The zero-order chi connectivity index (χ0) is 12.3. The maximum Gasteiger partial charge on any atom is 0.259 e. The molecule has 1 aromatic heterocycles. The molecule has 0 aliphatic carbocycles. The number of nitrogens with zero attached hydrogens (tertiary/aromatic N) is 2. The average Bonchev–Trinajstić information content (AvgIpc) is 2.78. The van der Waals surface area contributed by atoms with Crippen LogP contribution in [0.15, 0.2) is 27.2 Å². The molecule has 0 amide bonds. The number of benzene rings is 1. The summed E-state index contributed by atoms with van der Waals surface area (Å²) in [6, 6.07) is 5.97. The van der Waals surface area contributed by atoms with Crippen molar-refractivity contribution in [2.45, 2.75) is 13.5 Å². The van der Waals surface area contributed by atoms with Crippen molar-refractivity contribution in [3.05, 3.63) is 32.1 Å². The average molecular weight is 408 g/mol. The van der Waals surface area contributed by atoms with Gasteiger partial charge < -0.3 is 9.84 Å². The van der Waals surface area contributed by atoms with Gasteiger partial charge in [0.05, 0.1) is 12.1 Å². The van der Waals surface area contributed by atoms with Crippen LogP contribution in [0.1, 0.15) is 12.7 Å². The van der Waals surface area contributed by atoms with Gasteiger partial charge in [-0.25, -0.2) is 0 Å². The minimum absolute atomic E-state index is 0.559. The molecule has 1 heterocycles. The van der Waals surface area contributed by atoms with Gasteiger partial charge in [0.25, 0.3) is 5.89 Å². The van der Waals surface area contributed by atoms with Crippen molar-refractivity contribution in [1.82, 2.24) is 15.5 Å². The molecule has 0 atom stereocenters. The lowest BCUT2D eigenvalue weighted by Crippen LogP contribution is -2.12. The van der Waals surface area contributed by atoms with E-state index in [4.69, 9.17) is 4.52 Å². The maximum absolute atomic E-state index is 5.26. The van der Waals surface area contributed by atoms with E-state index in [9.17, 15) is 0 Å². The van der Waals surface area contributed by atoms with Gasteiger partial charge in [-0.2, -0.15) is 4.98 Å². The van der Waals surface area contributed by atoms with Gasteiger partial charge in [-0.05, 0) is 47.3 Å². The monoisotopic (exact) mass is 407 g/mol. The molecule has 0 aliphatic rings. The first-order valence-corrected chi connectivity index (χ1v) is 7.06. The van der Waals surface area contributed by atoms with E-state index >= 15 is 0 Å². The predicted molar refractivity (Wildman–Crippen MR) is 77.5 cm³/mol. The van der Waals surface area contributed by atoms with Gasteiger partial charge >= 0.3 is 0 Å². The number of hydrogen-bond donors (Lipinski definition) is 1. The van der Waals surface area contributed by atoms with Crippen LogP contribution in [0.2, 0.25) is 0 Å². The summed E-state index contributed by atoms with van der Waals surface area (Å²) in [6.07, 6.45) is 0. The first-order chi connectivity index (χ1) is 8.20. The predicted octanol–water partition coefficient (Wildman–Crippen LogP) is 3.21. The second-order valence-electron chi connectivity index (χ2n) is 3.42. The minimum atomic E-state index is 0.559. The van der Waals surface area contributed by atoms with Crippen molar-refractivity contribution in [2.24, 2.45) is 0 Å². The Morgan fingerprint density at radius 2 is 2.29 bits per heavy atom. The van der Waals surface area contributed by atoms with Crippen molar-refractivity contribution >= 4 is 38.5 Å². The van der Waals surface area contributed by atoms with E-state index in [2.05, 4.69) is 54.0 Å². The van der Waals surface area contributed by atoms with E-state index in [0.717, 1.165) is 20.2 Å². The highest BCUT2D eigenvalue weighted by atomic mass is 127. The molecule has 2 aromatic rings. The van der Waals surface area contributed by atoms with Crippen LogP contribution in [0.3, 0.4) is 0 Å². The molecule has 0 radical (unpaired) electrons. The topological polar surface area (TPSA) is 51.0 Å². The van der Waals surface area contributed by atoms with Crippen LogP contribution in [0.4, 0.5) is 0 Å². The molecule has 4 nitrogen and oxygen atoms in total. The van der Waals surface area contributed by atoms with Crippen LogP contribution in [0, 0.1) is 3.57 Å². The summed E-state index contributed by atoms with van der Waals surface area (Å²) in [5.41, 5.74) is 0.954. The normalized spacial score (nSPS) is 10.8. The second-order valence-corrected chi connectivity index (χ2v) is 5.50. The Balaban J connectivity index is 2.27. The van der Waals surface area contributed by atoms with Gasteiger partial charge in [-0.1, -0.05) is 28.0 Å². The lowest BCUT2D eigenvalue weighted by atomic mass is 10.2. The number of hydrogen-bond acceptors (Lipinski definition) is 4. The molecule has 0 unspecified atom stereocenters. The molecule has 6 heteroatoms. The van der Waals surface area contributed by atoms with Gasteiger partial charge in [0.15, 0.2) is 5.82 Å². The highest BCUT2D eigenvalue weighted by molar-refractivity contribution is 14.1. The van der Waals surface area contributed by atoms with Gasteiger partial charge in [0, 0.05) is 8.04 Å². The van der Waals surface area contributed by atoms with E-state index in [1.54, 1.807) is 0 Å². The summed E-state index contributed by atoms with van der Waals surface area (Å²) in [5, 5.41) is 7.09. The van der Waals surface area contributed by atoms with Gasteiger partial charge in [-0.3, -0.25) is 0 Å². The van der Waals surface area contributed by atoms with Crippen molar-refractivity contribution in [2.75, 3.05) is 6.54 Å². The van der Waals surface area contributed by atoms with Crippen LogP contribution in [-0.2, 0) is 6.54 Å². The van der Waals surface area contributed by atoms with Crippen LogP contribution < -0.4 is 5.32 Å². The molecule has 0 spiro atoms. The van der Waals surface area contributed by atoms with Crippen molar-refractivity contribution in [3.8, 4) is 11.5 Å². The number of nitrogens with one attached hydrogen (secondary N) is 1. The summed E-state index contributed by atoms with van der Waals surface area (Å²) >= 11 is 5.69. The number of rotatable bonds is 4. The molecule has 0 aliphatic heterocycles. The molecule has 2 rings (SSSR count). The molecule has 0 saturated carbocycles. The fourth-order valence-electron chi connectivity index (χ4n) is 1.33. The lowest BCUT2D eigenvalue weighted by Gasteiger charge is -1.99. The molecule has 90 valence electrons. The Hall–Kier alpha value is -0.470. The number of halogens is 2. The maximum atomic E-state index is 5.26. The fourth-order valence-corrected chi connectivity index (χ4v) is 2.26. The number of aromatic nitrogens is 2. The second kappa shape index (κ2) is 5.92. The SMILES string of the molecule is CCNCc1noc(-c2cc(Br)ccc2I)n1. The van der Waals surface area contributed by atoms with Crippen LogP contribution >= 0.6 is 38.5 Å². The van der Waals surface area contributed by atoms with Crippen molar-refractivity contribution in [1.29, 1.82) is 0 Å². The molecule has 0 saturated heterocycles. The van der Waals surface area contributed by atoms with E-state index < -0.39 is 0 Å². The quantitative estimate of drug-likeness (QED) is 0.790. The summed E-state index contributed by atoms with van der Waals surface area (Å²) in [6.45, 7) is 3.56. The summed E-state index contributed by atoms with van der Waals surface area (Å²) < 4.78 is 7.34. The minimum Gasteiger partial charge on any atom is -0.334 e. The Morgan fingerprint density at radius 3 is 3.06 bits per heavy atom. The van der Waals surface area contributed by atoms with Crippen molar-refractivity contribution in [3.63, 3.8) is 0 Å². The van der Waals surface area contributed by atoms with Crippen LogP contribution in [0.5, 0.6) is 0 Å².